The Hall–Kier alpha value is -1.62. The van der Waals surface area contributed by atoms with Gasteiger partial charge in [0.1, 0.15) is 5.69 Å². The van der Waals surface area contributed by atoms with Crippen LogP contribution < -0.4 is 5.73 Å². The number of aromatic amines is 1. The standard InChI is InChI=1S/C9H5ClF2N2O/c10-4-1-3-2-5(9(13)15)14-8(3)7(12)6(4)11/h1-2,14H,(H2,13,15). The molecule has 0 aliphatic heterocycles. The summed E-state index contributed by atoms with van der Waals surface area (Å²) < 4.78 is 26.3. The van der Waals surface area contributed by atoms with E-state index >= 15 is 0 Å². The second-order valence-electron chi connectivity index (χ2n) is 3.00. The van der Waals surface area contributed by atoms with Gasteiger partial charge in [-0.1, -0.05) is 11.6 Å². The number of amides is 1. The second-order valence-corrected chi connectivity index (χ2v) is 3.41. The Morgan fingerprint density at radius 1 is 1.33 bits per heavy atom. The van der Waals surface area contributed by atoms with Crippen LogP contribution in [0.4, 0.5) is 8.78 Å². The van der Waals surface area contributed by atoms with E-state index < -0.39 is 17.5 Å². The molecule has 3 N–H and O–H groups in total. The van der Waals surface area contributed by atoms with Crippen molar-refractivity contribution in [1.82, 2.24) is 4.98 Å². The van der Waals surface area contributed by atoms with Crippen LogP contribution in [0.5, 0.6) is 0 Å². The van der Waals surface area contributed by atoms with Crippen molar-refractivity contribution in [3.63, 3.8) is 0 Å². The van der Waals surface area contributed by atoms with Gasteiger partial charge in [0, 0.05) is 5.39 Å². The van der Waals surface area contributed by atoms with E-state index in [4.69, 9.17) is 17.3 Å². The number of nitrogens with one attached hydrogen (secondary N) is 1. The highest BCUT2D eigenvalue weighted by Gasteiger charge is 2.15. The van der Waals surface area contributed by atoms with Crippen molar-refractivity contribution in [2.24, 2.45) is 5.73 Å². The zero-order valence-corrected chi connectivity index (χ0v) is 8.03. The van der Waals surface area contributed by atoms with Gasteiger partial charge >= 0.3 is 0 Å². The molecule has 2 aromatic rings. The van der Waals surface area contributed by atoms with Crippen LogP contribution >= 0.6 is 11.6 Å². The van der Waals surface area contributed by atoms with Crippen LogP contribution in [0.2, 0.25) is 5.02 Å². The minimum absolute atomic E-state index is 0.00515. The highest BCUT2D eigenvalue weighted by molar-refractivity contribution is 6.31. The fourth-order valence-electron chi connectivity index (χ4n) is 1.31. The molecule has 1 aromatic carbocycles. The van der Waals surface area contributed by atoms with Crippen LogP contribution in [0.1, 0.15) is 10.5 Å². The molecule has 0 bridgehead atoms. The molecule has 78 valence electrons. The van der Waals surface area contributed by atoms with Crippen molar-refractivity contribution in [2.75, 3.05) is 0 Å². The summed E-state index contributed by atoms with van der Waals surface area (Å²) in [6, 6.07) is 2.53. The van der Waals surface area contributed by atoms with Crippen LogP contribution in [-0.4, -0.2) is 10.9 Å². The number of carbonyl (C=O) groups is 1. The van der Waals surface area contributed by atoms with Crippen LogP contribution in [0.3, 0.4) is 0 Å². The summed E-state index contributed by atoms with van der Waals surface area (Å²) >= 11 is 5.44. The molecule has 0 radical (unpaired) electrons. The lowest BCUT2D eigenvalue weighted by atomic mass is 10.2. The maximum absolute atomic E-state index is 13.3. The van der Waals surface area contributed by atoms with Gasteiger partial charge in [0.2, 0.25) is 0 Å². The number of fused-ring (bicyclic) bond motifs is 1. The molecule has 1 aromatic heterocycles. The molecule has 2 rings (SSSR count). The SMILES string of the molecule is NC(=O)c1cc2cc(Cl)c(F)c(F)c2[nH]1. The number of primary amides is 1. The summed E-state index contributed by atoms with van der Waals surface area (Å²) in [5, 5.41) is -0.0391. The summed E-state index contributed by atoms with van der Waals surface area (Å²) in [5.41, 5.74) is 4.87. The number of benzene rings is 1. The zero-order chi connectivity index (χ0) is 11.2. The molecule has 1 heterocycles. The van der Waals surface area contributed by atoms with Gasteiger partial charge in [0.25, 0.3) is 5.91 Å². The predicted molar refractivity (Wildman–Crippen MR) is 51.7 cm³/mol. The monoisotopic (exact) mass is 230 g/mol. The van der Waals surface area contributed by atoms with Crippen LogP contribution in [0, 0.1) is 11.6 Å². The molecule has 3 nitrogen and oxygen atoms in total. The Balaban J connectivity index is 2.82. The molecule has 0 spiro atoms. The molecule has 0 aliphatic carbocycles. The largest absolute Gasteiger partial charge is 0.364 e. The number of aromatic nitrogens is 1. The van der Waals surface area contributed by atoms with Gasteiger partial charge in [-0.2, -0.15) is 0 Å². The highest BCUT2D eigenvalue weighted by Crippen LogP contribution is 2.26. The first-order chi connectivity index (χ1) is 7.00. The van der Waals surface area contributed by atoms with E-state index in [0.29, 0.717) is 5.39 Å². The Morgan fingerprint density at radius 2 is 2.00 bits per heavy atom. The lowest BCUT2D eigenvalue weighted by Crippen LogP contribution is -2.10. The van der Waals surface area contributed by atoms with Crippen molar-refractivity contribution in [1.29, 1.82) is 0 Å². The third-order valence-corrected chi connectivity index (χ3v) is 2.29. The second kappa shape index (κ2) is 3.20. The Morgan fingerprint density at radius 3 is 2.60 bits per heavy atom. The number of hydrogen-bond donors (Lipinski definition) is 2. The smallest absolute Gasteiger partial charge is 0.265 e. The molecule has 0 atom stereocenters. The quantitative estimate of drug-likeness (QED) is 0.725. The maximum atomic E-state index is 13.3. The number of hydrogen-bond acceptors (Lipinski definition) is 1. The summed E-state index contributed by atoms with van der Waals surface area (Å²) in [5.74, 6) is -3.02. The summed E-state index contributed by atoms with van der Waals surface area (Å²) in [6.45, 7) is 0. The fourth-order valence-corrected chi connectivity index (χ4v) is 1.51. The van der Waals surface area contributed by atoms with E-state index in [2.05, 4.69) is 4.98 Å². The Bertz CT molecular complexity index is 565. The first kappa shape index (κ1) is 9.92. The van der Waals surface area contributed by atoms with Crippen molar-refractivity contribution in [2.45, 2.75) is 0 Å². The molecule has 0 fully saturated rings. The Labute approximate surface area is 87.8 Å². The maximum Gasteiger partial charge on any atom is 0.265 e. The van der Waals surface area contributed by atoms with Crippen molar-refractivity contribution in [3.05, 3.63) is 34.5 Å². The van der Waals surface area contributed by atoms with Gasteiger partial charge in [-0.05, 0) is 12.1 Å². The highest BCUT2D eigenvalue weighted by atomic mass is 35.5. The van der Waals surface area contributed by atoms with E-state index in [9.17, 15) is 13.6 Å². The number of nitrogens with two attached hydrogens (primary N) is 1. The van der Waals surface area contributed by atoms with Gasteiger partial charge in [0.05, 0.1) is 10.5 Å². The minimum atomic E-state index is -1.15. The van der Waals surface area contributed by atoms with Crippen molar-refractivity contribution < 1.29 is 13.6 Å². The molecule has 15 heavy (non-hydrogen) atoms. The average molecular weight is 231 g/mol. The van der Waals surface area contributed by atoms with E-state index in [1.807, 2.05) is 0 Å². The van der Waals surface area contributed by atoms with E-state index in [1.54, 1.807) is 0 Å². The summed E-state index contributed by atoms with van der Waals surface area (Å²) in [6.07, 6.45) is 0. The number of halogens is 3. The van der Waals surface area contributed by atoms with Crippen molar-refractivity contribution >= 4 is 28.4 Å². The minimum Gasteiger partial charge on any atom is -0.364 e. The van der Waals surface area contributed by atoms with Crippen molar-refractivity contribution in [3.8, 4) is 0 Å². The molecule has 0 aliphatic rings. The van der Waals surface area contributed by atoms with Gasteiger partial charge < -0.3 is 10.7 Å². The molecule has 0 saturated carbocycles. The van der Waals surface area contributed by atoms with Crippen LogP contribution in [0.25, 0.3) is 10.9 Å². The number of rotatable bonds is 1. The normalized spacial score (nSPS) is 10.9. The van der Waals surface area contributed by atoms with Gasteiger partial charge in [-0.25, -0.2) is 8.78 Å². The molecular weight excluding hydrogens is 226 g/mol. The fraction of sp³-hybridized carbons (Fsp3) is 0. The first-order valence-electron chi connectivity index (χ1n) is 3.96. The lowest BCUT2D eigenvalue weighted by molar-refractivity contribution is 0.0996. The Kier molecular flexibility index (Phi) is 2.12. The molecular formula is C9H5ClF2N2O. The molecule has 0 saturated heterocycles. The average Bonchev–Trinajstić information content (AvgIpc) is 2.58. The zero-order valence-electron chi connectivity index (χ0n) is 7.27. The number of carbonyl (C=O) groups excluding carboxylic acids is 1. The van der Waals surface area contributed by atoms with E-state index in [-0.39, 0.29) is 16.2 Å². The molecule has 1 amide bonds. The summed E-state index contributed by atoms with van der Waals surface area (Å²) in [7, 11) is 0. The third-order valence-electron chi connectivity index (χ3n) is 2.02. The van der Waals surface area contributed by atoms with E-state index in [0.717, 1.165) is 0 Å². The first-order valence-corrected chi connectivity index (χ1v) is 4.34. The third kappa shape index (κ3) is 1.45. The van der Waals surface area contributed by atoms with Crippen LogP contribution in [0.15, 0.2) is 12.1 Å². The van der Waals surface area contributed by atoms with Gasteiger partial charge in [-0.3, -0.25) is 4.79 Å². The summed E-state index contributed by atoms with van der Waals surface area (Å²) in [4.78, 5) is 13.2. The van der Waals surface area contributed by atoms with Crippen LogP contribution in [-0.2, 0) is 0 Å². The molecule has 6 heteroatoms. The van der Waals surface area contributed by atoms with Gasteiger partial charge in [-0.15, -0.1) is 0 Å². The topological polar surface area (TPSA) is 58.9 Å². The number of H-pyrrole nitrogens is 1. The van der Waals surface area contributed by atoms with E-state index in [1.165, 1.54) is 12.1 Å². The van der Waals surface area contributed by atoms with Gasteiger partial charge in [0.15, 0.2) is 11.6 Å². The predicted octanol–water partition coefficient (Wildman–Crippen LogP) is 2.20. The lowest BCUT2D eigenvalue weighted by Gasteiger charge is -1.97. The molecule has 0 unspecified atom stereocenters.